The average Bonchev–Trinajstić information content (AvgIpc) is 3.09. The standard InChI is InChI=1S/C27H30N2O2/c1-5-7-13-20(6-2)19-31-27(30)24(28-3)18-23-22-16-11-12-17-25(22)29(4)26(23)21-14-9-8-10-15-21/h8-12,14-18,20H,5-7,13,19H2,1-2,4H3/b24-18-. The lowest BCUT2D eigenvalue weighted by Gasteiger charge is -2.14. The van der Waals surface area contributed by atoms with Gasteiger partial charge in [-0.25, -0.2) is 4.85 Å². The topological polar surface area (TPSA) is 35.6 Å². The number of carbonyl (C=O) groups excluding carboxylic acids is 1. The summed E-state index contributed by atoms with van der Waals surface area (Å²) >= 11 is 0. The van der Waals surface area contributed by atoms with E-state index in [2.05, 4.69) is 29.3 Å². The largest absolute Gasteiger partial charge is 0.470 e. The molecular weight excluding hydrogens is 384 g/mol. The highest BCUT2D eigenvalue weighted by Gasteiger charge is 2.19. The molecular formula is C27H30N2O2. The SMILES string of the molecule is [C-]#[N+]/C(=C\c1c(-c2ccccc2)n(C)c2ccccc12)C(=O)OCC(CC)CCCC. The Bertz CT molecular complexity index is 1100. The van der Waals surface area contributed by atoms with Gasteiger partial charge in [0.25, 0.3) is 5.70 Å². The Balaban J connectivity index is 1.98. The first kappa shape index (κ1) is 22.4. The minimum absolute atomic E-state index is 0.0129. The van der Waals surface area contributed by atoms with E-state index < -0.39 is 5.97 Å². The average molecular weight is 415 g/mol. The second-order valence-corrected chi connectivity index (χ2v) is 7.86. The van der Waals surface area contributed by atoms with E-state index >= 15 is 0 Å². The summed E-state index contributed by atoms with van der Waals surface area (Å²) in [5.41, 5.74) is 3.95. The molecule has 4 nitrogen and oxygen atoms in total. The van der Waals surface area contributed by atoms with Crippen LogP contribution in [0.1, 0.15) is 45.1 Å². The summed E-state index contributed by atoms with van der Waals surface area (Å²) < 4.78 is 7.67. The molecule has 160 valence electrons. The van der Waals surface area contributed by atoms with Crippen LogP contribution in [-0.2, 0) is 16.6 Å². The van der Waals surface area contributed by atoms with E-state index in [4.69, 9.17) is 11.3 Å². The lowest BCUT2D eigenvalue weighted by Crippen LogP contribution is -2.14. The van der Waals surface area contributed by atoms with E-state index in [0.29, 0.717) is 12.5 Å². The van der Waals surface area contributed by atoms with Crippen LogP contribution in [0.3, 0.4) is 0 Å². The number of benzene rings is 2. The summed E-state index contributed by atoms with van der Waals surface area (Å²) in [6.45, 7) is 12.3. The van der Waals surface area contributed by atoms with E-state index in [1.165, 1.54) is 0 Å². The Kier molecular flexibility index (Phi) is 7.67. The van der Waals surface area contributed by atoms with Crippen LogP contribution >= 0.6 is 0 Å². The second-order valence-electron chi connectivity index (χ2n) is 7.86. The van der Waals surface area contributed by atoms with Gasteiger partial charge in [-0.1, -0.05) is 81.6 Å². The van der Waals surface area contributed by atoms with Crippen LogP contribution < -0.4 is 0 Å². The number of aryl methyl sites for hydroxylation is 1. The number of esters is 1. The van der Waals surface area contributed by atoms with Crippen molar-refractivity contribution in [2.75, 3.05) is 6.61 Å². The van der Waals surface area contributed by atoms with Crippen molar-refractivity contribution >= 4 is 22.9 Å². The fourth-order valence-corrected chi connectivity index (χ4v) is 3.95. The van der Waals surface area contributed by atoms with Crippen molar-refractivity contribution in [2.45, 2.75) is 39.5 Å². The summed E-state index contributed by atoms with van der Waals surface area (Å²) in [6.07, 6.45) is 5.94. The van der Waals surface area contributed by atoms with Crippen molar-refractivity contribution < 1.29 is 9.53 Å². The van der Waals surface area contributed by atoms with Crippen LogP contribution in [0.25, 0.3) is 33.1 Å². The molecule has 1 aromatic heterocycles. The number of hydrogen-bond donors (Lipinski definition) is 0. The Labute approximate surface area is 185 Å². The molecule has 3 aromatic rings. The van der Waals surface area contributed by atoms with Gasteiger partial charge in [-0.15, -0.1) is 0 Å². The maximum atomic E-state index is 12.8. The molecule has 31 heavy (non-hydrogen) atoms. The van der Waals surface area contributed by atoms with Gasteiger partial charge in [-0.3, -0.25) is 4.79 Å². The van der Waals surface area contributed by atoms with Gasteiger partial charge in [-0.2, -0.15) is 0 Å². The number of aromatic nitrogens is 1. The number of hydrogen-bond acceptors (Lipinski definition) is 2. The van der Waals surface area contributed by atoms with Gasteiger partial charge >= 0.3 is 5.97 Å². The molecule has 0 saturated carbocycles. The minimum atomic E-state index is -0.545. The van der Waals surface area contributed by atoms with Crippen LogP contribution in [0.5, 0.6) is 0 Å². The van der Waals surface area contributed by atoms with Crippen molar-refractivity contribution in [3.05, 3.63) is 77.3 Å². The van der Waals surface area contributed by atoms with E-state index in [1.54, 1.807) is 6.08 Å². The molecule has 1 heterocycles. The van der Waals surface area contributed by atoms with E-state index in [0.717, 1.165) is 53.4 Å². The zero-order valence-electron chi connectivity index (χ0n) is 18.6. The van der Waals surface area contributed by atoms with Crippen LogP contribution in [0.4, 0.5) is 0 Å². The van der Waals surface area contributed by atoms with E-state index in [9.17, 15) is 4.79 Å². The fraction of sp³-hybridized carbons (Fsp3) is 0.333. The summed E-state index contributed by atoms with van der Waals surface area (Å²) in [6, 6.07) is 18.1. The Morgan fingerprint density at radius 2 is 1.84 bits per heavy atom. The number of rotatable bonds is 9. The maximum Gasteiger partial charge on any atom is 0.336 e. The van der Waals surface area contributed by atoms with Crippen LogP contribution in [0.15, 0.2) is 60.3 Å². The van der Waals surface area contributed by atoms with Crippen LogP contribution in [0, 0.1) is 12.5 Å². The summed E-state index contributed by atoms with van der Waals surface area (Å²) in [5.74, 6) is -0.204. The molecule has 0 N–H and O–H groups in total. The molecule has 0 bridgehead atoms. The zero-order valence-corrected chi connectivity index (χ0v) is 18.6. The van der Waals surface area contributed by atoms with Crippen LogP contribution in [0.2, 0.25) is 0 Å². The van der Waals surface area contributed by atoms with Crippen molar-refractivity contribution in [3.8, 4) is 11.3 Å². The lowest BCUT2D eigenvalue weighted by molar-refractivity contribution is -0.140. The highest BCUT2D eigenvalue weighted by atomic mass is 16.5. The number of unbranched alkanes of at least 4 members (excludes halogenated alkanes) is 1. The Morgan fingerprint density at radius 1 is 1.13 bits per heavy atom. The molecule has 4 heteroatoms. The molecule has 0 fully saturated rings. The first-order chi connectivity index (χ1) is 15.1. The van der Waals surface area contributed by atoms with Crippen molar-refractivity contribution in [2.24, 2.45) is 13.0 Å². The molecule has 0 aliphatic rings. The normalized spacial score (nSPS) is 12.5. The molecule has 0 spiro atoms. The minimum Gasteiger partial charge on any atom is -0.470 e. The number of carbonyl (C=O) groups is 1. The number of para-hydroxylation sites is 1. The van der Waals surface area contributed by atoms with Gasteiger partial charge < -0.3 is 9.30 Å². The lowest BCUT2D eigenvalue weighted by atomic mass is 10.0. The van der Waals surface area contributed by atoms with Crippen molar-refractivity contribution in [1.82, 2.24) is 4.57 Å². The summed E-state index contributed by atoms with van der Waals surface area (Å²) in [5, 5.41) is 1.01. The van der Waals surface area contributed by atoms with Gasteiger partial charge in [0.1, 0.15) is 0 Å². The van der Waals surface area contributed by atoms with Crippen molar-refractivity contribution in [3.63, 3.8) is 0 Å². The number of ether oxygens (including phenoxy) is 1. The predicted octanol–water partition coefficient (Wildman–Crippen LogP) is 6.87. The Hall–Kier alpha value is -3.32. The molecule has 1 atom stereocenters. The predicted molar refractivity (Wildman–Crippen MR) is 127 cm³/mol. The molecule has 1 unspecified atom stereocenters. The van der Waals surface area contributed by atoms with Crippen LogP contribution in [-0.4, -0.2) is 17.1 Å². The molecule has 0 amide bonds. The van der Waals surface area contributed by atoms with E-state index in [1.807, 2.05) is 55.6 Å². The van der Waals surface area contributed by atoms with Gasteiger partial charge in [0.05, 0.1) is 18.9 Å². The van der Waals surface area contributed by atoms with Gasteiger partial charge in [-0.05, 0) is 35.6 Å². The fourth-order valence-electron chi connectivity index (χ4n) is 3.95. The monoisotopic (exact) mass is 414 g/mol. The smallest absolute Gasteiger partial charge is 0.336 e. The quantitative estimate of drug-likeness (QED) is 0.218. The zero-order chi connectivity index (χ0) is 22.2. The second kappa shape index (κ2) is 10.6. The molecule has 0 aliphatic heterocycles. The Morgan fingerprint density at radius 3 is 2.52 bits per heavy atom. The molecule has 0 saturated heterocycles. The summed E-state index contributed by atoms with van der Waals surface area (Å²) in [7, 11) is 2.01. The number of nitrogens with zero attached hydrogens (tertiary/aromatic N) is 2. The van der Waals surface area contributed by atoms with Gasteiger partial charge in [0.2, 0.25) is 0 Å². The first-order valence-corrected chi connectivity index (χ1v) is 11.0. The first-order valence-electron chi connectivity index (χ1n) is 11.0. The van der Waals surface area contributed by atoms with Gasteiger partial charge in [0.15, 0.2) is 0 Å². The highest BCUT2D eigenvalue weighted by Crippen LogP contribution is 2.34. The number of fused-ring (bicyclic) bond motifs is 1. The third kappa shape index (κ3) is 5.06. The molecule has 0 aliphatic carbocycles. The highest BCUT2D eigenvalue weighted by molar-refractivity contribution is 6.03. The third-order valence-corrected chi connectivity index (χ3v) is 5.80. The molecule has 0 radical (unpaired) electrons. The van der Waals surface area contributed by atoms with E-state index in [-0.39, 0.29) is 5.70 Å². The molecule has 2 aromatic carbocycles. The summed E-state index contributed by atoms with van der Waals surface area (Å²) in [4.78, 5) is 16.3. The molecule has 3 rings (SSSR count). The van der Waals surface area contributed by atoms with Crippen molar-refractivity contribution in [1.29, 1.82) is 0 Å². The third-order valence-electron chi connectivity index (χ3n) is 5.80. The maximum absolute atomic E-state index is 12.8. The van der Waals surface area contributed by atoms with Gasteiger partial charge in [0, 0.05) is 18.0 Å².